The number of hydrogen-bond donors (Lipinski definition) is 3. The summed E-state index contributed by atoms with van der Waals surface area (Å²) < 4.78 is 35.8. The second-order valence-corrected chi connectivity index (χ2v) is 9.35. The van der Waals surface area contributed by atoms with Crippen LogP contribution in [0.5, 0.6) is 11.6 Å². The van der Waals surface area contributed by atoms with Crippen molar-refractivity contribution in [1.82, 2.24) is 14.5 Å². The Morgan fingerprint density at radius 1 is 1.27 bits per heavy atom. The summed E-state index contributed by atoms with van der Waals surface area (Å²) in [5.41, 5.74) is -0.407. The Morgan fingerprint density at radius 3 is 2.40 bits per heavy atom. The summed E-state index contributed by atoms with van der Waals surface area (Å²) in [6.07, 6.45) is 0. The van der Waals surface area contributed by atoms with Gasteiger partial charge in [-0.05, 0) is 52.8 Å². The molecule has 1 amide bonds. The van der Waals surface area contributed by atoms with Gasteiger partial charge in [-0.1, -0.05) is 0 Å². The summed E-state index contributed by atoms with van der Waals surface area (Å²) in [5, 5.41) is 15.9. The molecule has 2 rings (SSSR count). The molecule has 0 aliphatic carbocycles. The van der Waals surface area contributed by atoms with Crippen molar-refractivity contribution in [2.75, 3.05) is 5.32 Å². The van der Waals surface area contributed by atoms with Gasteiger partial charge in [0.25, 0.3) is 0 Å². The van der Waals surface area contributed by atoms with Crippen LogP contribution in [0.15, 0.2) is 23.1 Å². The Balaban J connectivity index is 2.63. The highest BCUT2D eigenvalue weighted by Gasteiger charge is 2.28. The lowest BCUT2D eigenvalue weighted by atomic mass is 10.1. The van der Waals surface area contributed by atoms with E-state index in [1.807, 2.05) is 0 Å². The van der Waals surface area contributed by atoms with Crippen molar-refractivity contribution in [2.45, 2.75) is 58.5 Å². The van der Waals surface area contributed by atoms with Crippen LogP contribution in [0.4, 0.5) is 5.69 Å². The van der Waals surface area contributed by atoms with Crippen molar-refractivity contribution >= 4 is 27.6 Å². The van der Waals surface area contributed by atoms with Gasteiger partial charge in [-0.15, -0.1) is 0 Å². The Bertz CT molecular complexity index is 1080. The van der Waals surface area contributed by atoms with Crippen LogP contribution in [0.2, 0.25) is 0 Å². The zero-order valence-corrected chi connectivity index (χ0v) is 18.5. The molecule has 0 saturated carbocycles. The SMILES string of the molecule is CCn1nc(C(=O)O)c(C)c1Oc1ccc(NC(C)=O)cc1S(=O)(=O)NC(C)(C)C. The summed E-state index contributed by atoms with van der Waals surface area (Å²) in [5.74, 6) is -1.49. The molecule has 0 aliphatic rings. The van der Waals surface area contributed by atoms with Crippen LogP contribution in [-0.4, -0.2) is 40.7 Å². The molecule has 0 aliphatic heterocycles. The normalized spacial score (nSPS) is 11.9. The number of carboxylic acid groups (broad SMARTS) is 1. The molecule has 0 atom stereocenters. The van der Waals surface area contributed by atoms with E-state index in [9.17, 15) is 23.1 Å². The first-order chi connectivity index (χ1) is 13.7. The van der Waals surface area contributed by atoms with Crippen molar-refractivity contribution in [1.29, 1.82) is 0 Å². The van der Waals surface area contributed by atoms with Crippen molar-refractivity contribution in [3.05, 3.63) is 29.5 Å². The number of amides is 1. The van der Waals surface area contributed by atoms with Gasteiger partial charge in [0.1, 0.15) is 10.6 Å². The number of rotatable bonds is 7. The molecule has 0 spiro atoms. The van der Waals surface area contributed by atoms with E-state index in [-0.39, 0.29) is 39.4 Å². The van der Waals surface area contributed by atoms with Crippen molar-refractivity contribution in [2.24, 2.45) is 0 Å². The monoisotopic (exact) mass is 438 g/mol. The van der Waals surface area contributed by atoms with Gasteiger partial charge in [-0.3, -0.25) is 4.79 Å². The smallest absolute Gasteiger partial charge is 0.356 e. The quantitative estimate of drug-likeness (QED) is 0.604. The summed E-state index contributed by atoms with van der Waals surface area (Å²) >= 11 is 0. The summed E-state index contributed by atoms with van der Waals surface area (Å²) in [6.45, 7) is 9.99. The fourth-order valence-corrected chi connectivity index (χ4v) is 4.30. The second kappa shape index (κ2) is 8.44. The van der Waals surface area contributed by atoms with Gasteiger partial charge in [-0.2, -0.15) is 5.10 Å². The minimum absolute atomic E-state index is 0.0320. The predicted octanol–water partition coefficient (Wildman–Crippen LogP) is 2.74. The number of carbonyl (C=O) groups excluding carboxylic acids is 1. The lowest BCUT2D eigenvalue weighted by Crippen LogP contribution is -2.40. The standard InChI is InChI=1S/C19H26N4O6S/c1-7-23-17(11(2)16(21-23)18(25)26)29-14-9-8-13(20-12(3)24)10-15(14)30(27,28)22-19(4,5)6/h8-10,22H,7H2,1-6H3,(H,20,24)(H,25,26). The number of carboxylic acids is 1. The minimum atomic E-state index is -4.04. The van der Waals surface area contributed by atoms with Crippen LogP contribution in [0.3, 0.4) is 0 Å². The first-order valence-corrected chi connectivity index (χ1v) is 10.7. The number of sulfonamides is 1. The predicted molar refractivity (Wildman–Crippen MR) is 110 cm³/mol. The number of carbonyl (C=O) groups is 2. The van der Waals surface area contributed by atoms with Gasteiger partial charge >= 0.3 is 5.97 Å². The highest BCUT2D eigenvalue weighted by Crippen LogP contribution is 2.34. The lowest BCUT2D eigenvalue weighted by Gasteiger charge is -2.22. The second-order valence-electron chi connectivity index (χ2n) is 7.70. The number of nitrogens with one attached hydrogen (secondary N) is 2. The molecule has 1 heterocycles. The van der Waals surface area contributed by atoms with Crippen LogP contribution in [0, 0.1) is 6.92 Å². The number of aryl methyl sites for hydroxylation is 1. The molecule has 164 valence electrons. The third-order valence-corrected chi connectivity index (χ3v) is 5.61. The molecular weight excluding hydrogens is 412 g/mol. The lowest BCUT2D eigenvalue weighted by molar-refractivity contribution is -0.114. The number of ether oxygens (including phenoxy) is 1. The van der Waals surface area contributed by atoms with E-state index in [1.165, 1.54) is 36.7 Å². The molecule has 0 unspecified atom stereocenters. The van der Waals surface area contributed by atoms with Crippen LogP contribution in [0.25, 0.3) is 0 Å². The van der Waals surface area contributed by atoms with Crippen LogP contribution in [0.1, 0.15) is 50.7 Å². The summed E-state index contributed by atoms with van der Waals surface area (Å²) in [4.78, 5) is 22.6. The topological polar surface area (TPSA) is 140 Å². The molecule has 30 heavy (non-hydrogen) atoms. The van der Waals surface area contributed by atoms with Gasteiger partial charge in [0.05, 0.1) is 0 Å². The first-order valence-electron chi connectivity index (χ1n) is 9.19. The zero-order chi connectivity index (χ0) is 22.9. The largest absolute Gasteiger partial charge is 0.476 e. The third-order valence-electron chi connectivity index (χ3n) is 3.83. The first kappa shape index (κ1) is 23.4. The molecule has 11 heteroatoms. The Labute approximate surface area is 175 Å². The fraction of sp³-hybridized carbons (Fsp3) is 0.421. The third kappa shape index (κ3) is 5.36. The average Bonchev–Trinajstić information content (AvgIpc) is 2.90. The van der Waals surface area contributed by atoms with E-state index in [0.717, 1.165) is 0 Å². The van der Waals surface area contributed by atoms with Gasteiger partial charge in [-0.25, -0.2) is 22.6 Å². The van der Waals surface area contributed by atoms with E-state index in [0.29, 0.717) is 6.54 Å². The number of aromatic carboxylic acids is 1. The number of hydrogen-bond acceptors (Lipinski definition) is 6. The van der Waals surface area contributed by atoms with Gasteiger partial charge in [0.2, 0.25) is 21.8 Å². The van der Waals surface area contributed by atoms with Crippen molar-refractivity contribution in [3.63, 3.8) is 0 Å². The molecule has 1 aromatic carbocycles. The molecule has 2 aromatic rings. The van der Waals surface area contributed by atoms with E-state index >= 15 is 0 Å². The zero-order valence-electron chi connectivity index (χ0n) is 17.7. The average molecular weight is 439 g/mol. The molecule has 0 saturated heterocycles. The van der Waals surface area contributed by atoms with E-state index in [1.54, 1.807) is 27.7 Å². The van der Waals surface area contributed by atoms with Crippen molar-refractivity contribution < 1.29 is 27.9 Å². The van der Waals surface area contributed by atoms with Crippen molar-refractivity contribution in [3.8, 4) is 11.6 Å². The maximum atomic E-state index is 13.0. The molecule has 3 N–H and O–H groups in total. The van der Waals surface area contributed by atoms with Gasteiger partial charge in [0.15, 0.2) is 5.69 Å². The number of aromatic nitrogens is 2. The highest BCUT2D eigenvalue weighted by molar-refractivity contribution is 7.89. The Morgan fingerprint density at radius 2 is 1.90 bits per heavy atom. The number of nitrogens with zero attached hydrogens (tertiary/aromatic N) is 2. The van der Waals surface area contributed by atoms with E-state index in [4.69, 9.17) is 4.74 Å². The molecule has 0 radical (unpaired) electrons. The Hall–Kier alpha value is -2.92. The summed E-state index contributed by atoms with van der Waals surface area (Å²) in [6, 6.07) is 4.17. The molecule has 1 aromatic heterocycles. The van der Waals surface area contributed by atoms with Gasteiger partial charge < -0.3 is 15.2 Å². The molecular formula is C19H26N4O6S. The Kier molecular flexibility index (Phi) is 6.57. The molecule has 0 bridgehead atoms. The fourth-order valence-electron chi connectivity index (χ4n) is 2.73. The van der Waals surface area contributed by atoms with Crippen LogP contribution in [-0.2, 0) is 21.4 Å². The van der Waals surface area contributed by atoms with Gasteiger partial charge in [0, 0.05) is 30.3 Å². The van der Waals surface area contributed by atoms with Crippen LogP contribution < -0.4 is 14.8 Å². The maximum Gasteiger partial charge on any atom is 0.356 e. The van der Waals surface area contributed by atoms with E-state index in [2.05, 4.69) is 15.1 Å². The highest BCUT2D eigenvalue weighted by atomic mass is 32.2. The number of benzene rings is 1. The van der Waals surface area contributed by atoms with Crippen LogP contribution >= 0.6 is 0 Å². The molecule has 0 fully saturated rings. The minimum Gasteiger partial charge on any atom is -0.476 e. The van der Waals surface area contributed by atoms with E-state index < -0.39 is 21.5 Å². The maximum absolute atomic E-state index is 13.0. The number of anilines is 1. The molecule has 10 nitrogen and oxygen atoms in total. The summed E-state index contributed by atoms with van der Waals surface area (Å²) in [7, 11) is -4.04.